The van der Waals surface area contributed by atoms with E-state index in [4.69, 9.17) is 0 Å². The third-order valence-corrected chi connectivity index (χ3v) is 15.1. The number of rotatable bonds is 14. The van der Waals surface area contributed by atoms with Gasteiger partial charge in [-0.1, -0.05) is 261 Å². The van der Waals surface area contributed by atoms with Crippen LogP contribution in [0.25, 0.3) is 89.0 Å². The van der Waals surface area contributed by atoms with Crippen molar-refractivity contribution in [3.8, 4) is 89.0 Å². The van der Waals surface area contributed by atoms with Crippen molar-refractivity contribution in [2.45, 2.75) is 0 Å². The van der Waals surface area contributed by atoms with Crippen LogP contribution in [0.5, 0.6) is 0 Å². The van der Waals surface area contributed by atoms with E-state index in [2.05, 4.69) is 350 Å². The van der Waals surface area contributed by atoms with E-state index in [1.54, 1.807) is 0 Å². The van der Waals surface area contributed by atoms with Crippen molar-refractivity contribution in [1.82, 2.24) is 0 Å². The van der Waals surface area contributed by atoms with Gasteiger partial charge in [0.05, 0.1) is 0 Å². The summed E-state index contributed by atoms with van der Waals surface area (Å²) in [6.07, 6.45) is 0. The Kier molecular flexibility index (Phi) is 13.8. The van der Waals surface area contributed by atoms with Gasteiger partial charge in [-0.15, -0.1) is 0 Å². The monoisotopic (exact) mass is 1020 g/mol. The molecule has 0 aromatic heterocycles. The van der Waals surface area contributed by atoms with Crippen molar-refractivity contribution < 1.29 is 0 Å². The van der Waals surface area contributed by atoms with Gasteiger partial charge in [-0.2, -0.15) is 0 Å². The minimum absolute atomic E-state index is 1.07. The minimum Gasteiger partial charge on any atom is -0.311 e. The quantitative estimate of drug-likeness (QED) is 0.107. The lowest BCUT2D eigenvalue weighted by Gasteiger charge is -2.27. The lowest BCUT2D eigenvalue weighted by atomic mass is 9.97. The third kappa shape index (κ3) is 10.6. The van der Waals surface area contributed by atoms with Crippen molar-refractivity contribution in [3.05, 3.63) is 340 Å². The van der Waals surface area contributed by atoms with E-state index in [0.29, 0.717) is 0 Å². The molecule has 2 heteroatoms. The van der Waals surface area contributed by atoms with Crippen LogP contribution in [0.3, 0.4) is 0 Å². The zero-order chi connectivity index (χ0) is 53.5. The highest BCUT2D eigenvalue weighted by Gasteiger charge is 2.18. The number of nitrogens with zero attached hydrogens (tertiary/aromatic N) is 2. The molecule has 0 saturated heterocycles. The van der Waals surface area contributed by atoms with Gasteiger partial charge < -0.3 is 9.80 Å². The molecule has 0 N–H and O–H groups in total. The van der Waals surface area contributed by atoms with Crippen LogP contribution in [0.4, 0.5) is 34.1 Å². The van der Waals surface area contributed by atoms with E-state index < -0.39 is 0 Å². The summed E-state index contributed by atoms with van der Waals surface area (Å²) in [5.74, 6) is 0. The van der Waals surface area contributed by atoms with Gasteiger partial charge in [-0.25, -0.2) is 0 Å². The minimum atomic E-state index is 1.07. The first-order valence-corrected chi connectivity index (χ1v) is 27.4. The second-order valence-corrected chi connectivity index (χ2v) is 20.2. The molecule has 0 radical (unpaired) electrons. The fourth-order valence-corrected chi connectivity index (χ4v) is 10.8. The Hall–Kier alpha value is -10.5. The van der Waals surface area contributed by atoms with Gasteiger partial charge in [-0.05, 0) is 168 Å². The first-order chi connectivity index (χ1) is 39.6. The molecule has 80 heavy (non-hydrogen) atoms. The van der Waals surface area contributed by atoms with Gasteiger partial charge in [0.25, 0.3) is 0 Å². The second kappa shape index (κ2) is 22.6. The molecule has 13 aromatic carbocycles. The van der Waals surface area contributed by atoms with Crippen LogP contribution in [0.15, 0.2) is 340 Å². The van der Waals surface area contributed by atoms with E-state index in [1.165, 1.54) is 66.8 Å². The Morgan fingerprint density at radius 2 is 0.263 bits per heavy atom. The van der Waals surface area contributed by atoms with Crippen LogP contribution in [0.2, 0.25) is 0 Å². The Morgan fingerprint density at radius 3 is 0.463 bits per heavy atom. The normalized spacial score (nSPS) is 11.0. The largest absolute Gasteiger partial charge is 0.311 e. The molecule has 0 saturated carbocycles. The maximum atomic E-state index is 2.38. The third-order valence-electron chi connectivity index (χ3n) is 15.1. The lowest BCUT2D eigenvalue weighted by molar-refractivity contribution is 1.28. The molecule has 0 bridgehead atoms. The highest BCUT2D eigenvalue weighted by molar-refractivity contribution is 5.87. The Labute approximate surface area is 470 Å². The predicted molar refractivity (Wildman–Crippen MR) is 339 cm³/mol. The molecular formula is C78H56N2. The van der Waals surface area contributed by atoms with Crippen molar-refractivity contribution in [1.29, 1.82) is 0 Å². The molecule has 13 rings (SSSR count). The van der Waals surface area contributed by atoms with E-state index >= 15 is 0 Å². The second-order valence-electron chi connectivity index (χ2n) is 20.2. The summed E-state index contributed by atoms with van der Waals surface area (Å²) in [6, 6.07) is 123. The van der Waals surface area contributed by atoms with Crippen molar-refractivity contribution in [3.63, 3.8) is 0 Å². The summed E-state index contributed by atoms with van der Waals surface area (Å²) in [4.78, 5) is 4.74. The number of hydrogen-bond acceptors (Lipinski definition) is 2. The van der Waals surface area contributed by atoms with Gasteiger partial charge >= 0.3 is 0 Å². The number of benzene rings is 13. The SMILES string of the molecule is c1ccc(-c2ccc(-c3ccc(N(c4ccc(-c5ccc(-c6ccccc6)cc5)cc4)c4ccc(-c5ccc(N(c6ccc(-c7ccccc7)cc6)c6cc(-c7ccccc7)cc(-c7ccccc7)c6)cc5)cc4)cc3)cc2)cc1. The van der Waals surface area contributed by atoms with E-state index in [9.17, 15) is 0 Å². The van der Waals surface area contributed by atoms with Crippen molar-refractivity contribution in [2.24, 2.45) is 0 Å². The van der Waals surface area contributed by atoms with Crippen LogP contribution >= 0.6 is 0 Å². The van der Waals surface area contributed by atoms with E-state index in [-0.39, 0.29) is 0 Å². The molecule has 0 aliphatic heterocycles. The van der Waals surface area contributed by atoms with Crippen LogP contribution in [-0.2, 0) is 0 Å². The zero-order valence-electron chi connectivity index (χ0n) is 44.2. The molecular weight excluding hydrogens is 965 g/mol. The molecule has 0 spiro atoms. The number of hydrogen-bond donors (Lipinski definition) is 0. The molecule has 0 fully saturated rings. The molecule has 378 valence electrons. The van der Waals surface area contributed by atoms with Gasteiger partial charge in [0.15, 0.2) is 0 Å². The predicted octanol–water partition coefficient (Wildman–Crippen LogP) is 22.0. The number of anilines is 6. The van der Waals surface area contributed by atoms with Gasteiger partial charge in [-0.3, -0.25) is 0 Å². The summed E-state index contributed by atoms with van der Waals surface area (Å²) in [6.45, 7) is 0. The zero-order valence-corrected chi connectivity index (χ0v) is 44.2. The van der Waals surface area contributed by atoms with Crippen LogP contribution in [0, 0.1) is 0 Å². The van der Waals surface area contributed by atoms with E-state index in [0.717, 1.165) is 56.4 Å². The smallest absolute Gasteiger partial charge is 0.0473 e. The maximum Gasteiger partial charge on any atom is 0.0473 e. The van der Waals surface area contributed by atoms with Gasteiger partial charge in [0, 0.05) is 34.1 Å². The average molecular weight is 1020 g/mol. The summed E-state index contributed by atoms with van der Waals surface area (Å²) >= 11 is 0. The average Bonchev–Trinajstić information content (AvgIpc) is 3.59. The molecule has 0 unspecified atom stereocenters. The molecule has 0 aliphatic carbocycles. The topological polar surface area (TPSA) is 6.48 Å². The fourth-order valence-electron chi connectivity index (χ4n) is 10.8. The van der Waals surface area contributed by atoms with E-state index in [1.807, 2.05) is 0 Å². The highest BCUT2D eigenvalue weighted by atomic mass is 15.1. The highest BCUT2D eigenvalue weighted by Crippen LogP contribution is 2.43. The first kappa shape index (κ1) is 49.1. The summed E-state index contributed by atoms with van der Waals surface area (Å²) < 4.78 is 0. The molecule has 0 atom stereocenters. The van der Waals surface area contributed by atoms with Gasteiger partial charge in [0.1, 0.15) is 0 Å². The van der Waals surface area contributed by atoms with Crippen LogP contribution in [0.1, 0.15) is 0 Å². The lowest BCUT2D eigenvalue weighted by Crippen LogP contribution is -2.10. The van der Waals surface area contributed by atoms with Crippen molar-refractivity contribution >= 4 is 34.1 Å². The van der Waals surface area contributed by atoms with Crippen molar-refractivity contribution in [2.75, 3.05) is 9.80 Å². The van der Waals surface area contributed by atoms with Crippen LogP contribution < -0.4 is 9.80 Å². The standard InChI is InChI=1S/C78H56N2/c1-6-16-57(17-7-1)62-26-30-64(31-27-62)67-36-44-73(45-37-67)79(74-46-38-68(39-47-74)65-32-28-63(29-33-65)58-18-8-2-9-19-58)75-48-40-69(41-49-75)70-42-52-77(53-43-70)80(76-50-34-66(35-51-76)59-20-10-3-11-21-59)78-55-71(60-22-12-4-13-23-60)54-72(56-78)61-24-14-5-15-25-61/h1-56H. The molecule has 2 nitrogen and oxygen atoms in total. The Morgan fingerprint density at radius 1 is 0.113 bits per heavy atom. The molecule has 0 heterocycles. The Balaban J connectivity index is 0.833. The molecule has 0 aliphatic rings. The molecule has 13 aromatic rings. The van der Waals surface area contributed by atoms with Crippen LogP contribution in [-0.4, -0.2) is 0 Å². The maximum absolute atomic E-state index is 2.38. The summed E-state index contributed by atoms with van der Waals surface area (Å²) in [7, 11) is 0. The molecule has 0 amide bonds. The Bertz CT molecular complexity index is 3920. The van der Waals surface area contributed by atoms with Gasteiger partial charge in [0.2, 0.25) is 0 Å². The fraction of sp³-hybridized carbons (Fsp3) is 0. The summed E-state index contributed by atoms with van der Waals surface area (Å²) in [5, 5.41) is 0. The first-order valence-electron chi connectivity index (χ1n) is 27.4. The summed E-state index contributed by atoms with van der Waals surface area (Å²) in [5.41, 5.74) is 25.3.